The number of likely N-dealkylation sites (N-methyl/N-ethyl adjacent to an activating group) is 1. The Morgan fingerprint density at radius 2 is 2.04 bits per heavy atom. The van der Waals surface area contributed by atoms with Crippen LogP contribution in [0.1, 0.15) is 16.1 Å². The minimum atomic E-state index is -0.209. The van der Waals surface area contributed by atoms with Crippen LogP contribution < -0.4 is 15.4 Å². The van der Waals surface area contributed by atoms with Gasteiger partial charge in [0.1, 0.15) is 11.4 Å². The van der Waals surface area contributed by atoms with Gasteiger partial charge in [0.05, 0.1) is 7.11 Å². The van der Waals surface area contributed by atoms with Crippen LogP contribution in [0.25, 0.3) is 0 Å². The average Bonchev–Trinajstić information content (AvgIpc) is 2.60. The highest BCUT2D eigenvalue weighted by atomic mass is 16.5. The van der Waals surface area contributed by atoms with Crippen LogP contribution in [0.4, 0.5) is 5.95 Å². The molecular formula is C17H23N5O2. The molecule has 0 saturated heterocycles. The minimum Gasteiger partial charge on any atom is -0.496 e. The van der Waals surface area contributed by atoms with Crippen molar-refractivity contribution in [2.24, 2.45) is 0 Å². The minimum absolute atomic E-state index is 0.209. The number of nitrogens with one attached hydrogen (secondary N) is 2. The zero-order valence-corrected chi connectivity index (χ0v) is 14.2. The Morgan fingerprint density at radius 1 is 1.25 bits per heavy atom. The number of benzene rings is 1. The third kappa shape index (κ3) is 5.20. The van der Waals surface area contributed by atoms with Crippen molar-refractivity contribution in [1.82, 2.24) is 20.2 Å². The Labute approximate surface area is 142 Å². The first-order valence-electron chi connectivity index (χ1n) is 7.72. The van der Waals surface area contributed by atoms with Crippen molar-refractivity contribution in [3.8, 4) is 5.75 Å². The lowest BCUT2D eigenvalue weighted by atomic mass is 10.2. The largest absolute Gasteiger partial charge is 0.496 e. The topological polar surface area (TPSA) is 79.4 Å². The molecule has 1 aromatic heterocycles. The fourth-order valence-corrected chi connectivity index (χ4v) is 2.08. The fourth-order valence-electron chi connectivity index (χ4n) is 2.08. The molecule has 0 fully saturated rings. The molecule has 0 aliphatic heterocycles. The maximum absolute atomic E-state index is 12.1. The van der Waals surface area contributed by atoms with Gasteiger partial charge < -0.3 is 20.3 Å². The molecule has 7 nitrogen and oxygen atoms in total. The molecule has 2 aromatic rings. The molecule has 0 radical (unpaired) electrons. The van der Waals surface area contributed by atoms with E-state index in [-0.39, 0.29) is 5.91 Å². The molecule has 128 valence electrons. The van der Waals surface area contributed by atoms with Gasteiger partial charge in [0.15, 0.2) is 0 Å². The number of hydrogen-bond acceptors (Lipinski definition) is 6. The van der Waals surface area contributed by atoms with E-state index in [0.29, 0.717) is 24.7 Å². The standard InChI is InChI=1S/C17H23N5O2/c1-22(2)11-10-18-16(23)14-8-9-19-17(21-14)20-12-13-6-4-5-7-15(13)24-3/h4-9H,10-12H2,1-3H3,(H,18,23)(H,19,20,21). The Bertz CT molecular complexity index is 676. The summed E-state index contributed by atoms with van der Waals surface area (Å²) in [5.74, 6) is 0.989. The number of aromatic nitrogens is 2. The Balaban J connectivity index is 1.96. The van der Waals surface area contributed by atoms with E-state index in [2.05, 4.69) is 20.6 Å². The summed E-state index contributed by atoms with van der Waals surface area (Å²) in [7, 11) is 5.54. The lowest BCUT2D eigenvalue weighted by molar-refractivity contribution is 0.0946. The zero-order chi connectivity index (χ0) is 17.4. The van der Waals surface area contributed by atoms with Crippen LogP contribution in [0.5, 0.6) is 5.75 Å². The fraction of sp³-hybridized carbons (Fsp3) is 0.353. The number of para-hydroxylation sites is 1. The van der Waals surface area contributed by atoms with Crippen molar-refractivity contribution in [3.63, 3.8) is 0 Å². The van der Waals surface area contributed by atoms with Gasteiger partial charge in [0, 0.05) is 31.4 Å². The molecule has 0 atom stereocenters. The van der Waals surface area contributed by atoms with E-state index < -0.39 is 0 Å². The van der Waals surface area contributed by atoms with Gasteiger partial charge in [-0.05, 0) is 26.2 Å². The highest BCUT2D eigenvalue weighted by Gasteiger charge is 2.09. The van der Waals surface area contributed by atoms with Crippen molar-refractivity contribution in [2.75, 3.05) is 39.6 Å². The lowest BCUT2D eigenvalue weighted by Crippen LogP contribution is -2.31. The van der Waals surface area contributed by atoms with Crippen LogP contribution in [-0.4, -0.2) is 55.1 Å². The Hall–Kier alpha value is -2.67. The maximum atomic E-state index is 12.1. The first-order chi connectivity index (χ1) is 11.6. The van der Waals surface area contributed by atoms with Crippen LogP contribution >= 0.6 is 0 Å². The van der Waals surface area contributed by atoms with Gasteiger partial charge in [-0.15, -0.1) is 0 Å². The molecular weight excluding hydrogens is 306 g/mol. The molecule has 1 aromatic carbocycles. The van der Waals surface area contributed by atoms with Gasteiger partial charge in [0.25, 0.3) is 5.91 Å². The number of hydrogen-bond donors (Lipinski definition) is 2. The lowest BCUT2D eigenvalue weighted by Gasteiger charge is -2.11. The van der Waals surface area contributed by atoms with Gasteiger partial charge >= 0.3 is 0 Å². The van der Waals surface area contributed by atoms with Crippen molar-refractivity contribution < 1.29 is 9.53 Å². The number of ether oxygens (including phenoxy) is 1. The summed E-state index contributed by atoms with van der Waals surface area (Å²) in [5, 5.41) is 5.95. The molecule has 7 heteroatoms. The van der Waals surface area contributed by atoms with Gasteiger partial charge in [-0.2, -0.15) is 0 Å². The monoisotopic (exact) mass is 329 g/mol. The molecule has 2 rings (SSSR count). The second-order valence-corrected chi connectivity index (χ2v) is 5.49. The van der Waals surface area contributed by atoms with E-state index >= 15 is 0 Å². The van der Waals surface area contributed by atoms with Crippen molar-refractivity contribution in [2.45, 2.75) is 6.54 Å². The molecule has 0 saturated carbocycles. The predicted molar refractivity (Wildman–Crippen MR) is 93.2 cm³/mol. The summed E-state index contributed by atoms with van der Waals surface area (Å²) < 4.78 is 5.31. The SMILES string of the molecule is COc1ccccc1CNc1nccc(C(=O)NCCN(C)C)n1. The van der Waals surface area contributed by atoms with E-state index in [1.54, 1.807) is 19.4 Å². The normalized spacial score (nSPS) is 10.5. The van der Waals surface area contributed by atoms with Crippen LogP contribution in [0.15, 0.2) is 36.5 Å². The van der Waals surface area contributed by atoms with Crippen LogP contribution in [0.2, 0.25) is 0 Å². The zero-order valence-electron chi connectivity index (χ0n) is 14.2. The van der Waals surface area contributed by atoms with E-state index in [4.69, 9.17) is 4.74 Å². The molecule has 0 spiro atoms. The Kier molecular flexibility index (Phi) is 6.51. The molecule has 1 amide bonds. The van der Waals surface area contributed by atoms with Crippen molar-refractivity contribution >= 4 is 11.9 Å². The van der Waals surface area contributed by atoms with Gasteiger partial charge in [-0.1, -0.05) is 18.2 Å². The summed E-state index contributed by atoms with van der Waals surface area (Å²) in [4.78, 5) is 22.5. The smallest absolute Gasteiger partial charge is 0.270 e. The van der Waals surface area contributed by atoms with Gasteiger partial charge in [-0.25, -0.2) is 9.97 Å². The molecule has 0 unspecified atom stereocenters. The van der Waals surface area contributed by atoms with E-state index in [9.17, 15) is 4.79 Å². The number of amides is 1. The molecule has 24 heavy (non-hydrogen) atoms. The van der Waals surface area contributed by atoms with E-state index in [1.165, 1.54) is 0 Å². The van der Waals surface area contributed by atoms with Crippen LogP contribution in [0.3, 0.4) is 0 Å². The number of carbonyl (C=O) groups excluding carboxylic acids is 1. The first-order valence-corrected chi connectivity index (χ1v) is 7.72. The molecule has 0 aliphatic rings. The van der Waals surface area contributed by atoms with Crippen LogP contribution in [0, 0.1) is 0 Å². The van der Waals surface area contributed by atoms with Gasteiger partial charge in [0.2, 0.25) is 5.95 Å². The average molecular weight is 329 g/mol. The van der Waals surface area contributed by atoms with Gasteiger partial charge in [-0.3, -0.25) is 4.79 Å². The van der Waals surface area contributed by atoms with Crippen LogP contribution in [-0.2, 0) is 6.54 Å². The third-order valence-corrected chi connectivity index (χ3v) is 3.36. The second kappa shape index (κ2) is 8.83. The number of nitrogens with zero attached hydrogens (tertiary/aromatic N) is 3. The molecule has 1 heterocycles. The molecule has 0 aliphatic carbocycles. The first kappa shape index (κ1) is 17.7. The third-order valence-electron chi connectivity index (χ3n) is 3.36. The summed E-state index contributed by atoms with van der Waals surface area (Å²) in [6.45, 7) is 1.85. The summed E-state index contributed by atoms with van der Waals surface area (Å²) in [5.41, 5.74) is 1.33. The van der Waals surface area contributed by atoms with Crippen molar-refractivity contribution in [3.05, 3.63) is 47.8 Å². The highest BCUT2D eigenvalue weighted by Crippen LogP contribution is 2.17. The Morgan fingerprint density at radius 3 is 2.79 bits per heavy atom. The predicted octanol–water partition coefficient (Wildman–Crippen LogP) is 1.39. The number of rotatable bonds is 8. The summed E-state index contributed by atoms with van der Waals surface area (Å²) >= 11 is 0. The van der Waals surface area contributed by atoms with Crippen molar-refractivity contribution in [1.29, 1.82) is 0 Å². The van der Waals surface area contributed by atoms with E-state index in [0.717, 1.165) is 17.9 Å². The second-order valence-electron chi connectivity index (χ2n) is 5.49. The highest BCUT2D eigenvalue weighted by molar-refractivity contribution is 5.92. The number of carbonyl (C=O) groups is 1. The quantitative estimate of drug-likeness (QED) is 0.762. The molecule has 2 N–H and O–H groups in total. The summed E-state index contributed by atoms with van der Waals surface area (Å²) in [6.07, 6.45) is 1.57. The van der Waals surface area contributed by atoms with E-state index in [1.807, 2.05) is 43.3 Å². The molecule has 0 bridgehead atoms. The number of anilines is 1. The summed E-state index contributed by atoms with van der Waals surface area (Å²) in [6, 6.07) is 9.31. The maximum Gasteiger partial charge on any atom is 0.270 e. The number of methoxy groups -OCH3 is 1.